The van der Waals surface area contributed by atoms with Crippen LogP contribution < -0.4 is 15.4 Å². The molecule has 0 fully saturated rings. The van der Waals surface area contributed by atoms with Crippen LogP contribution in [0.5, 0.6) is 5.75 Å². The second-order valence-electron chi connectivity index (χ2n) is 4.22. The predicted octanol–water partition coefficient (Wildman–Crippen LogP) is 2.69. The van der Waals surface area contributed by atoms with E-state index < -0.39 is 30.2 Å². The molecular weight excluding hydrogens is 294 g/mol. The lowest BCUT2D eigenvalue weighted by molar-refractivity contribution is -0.121. The fourth-order valence-electron chi connectivity index (χ4n) is 1.56. The fourth-order valence-corrected chi connectivity index (χ4v) is 1.56. The van der Waals surface area contributed by atoms with Crippen LogP contribution in [0.3, 0.4) is 0 Å². The number of para-hydroxylation sites is 1. The molecule has 3 amide bonds. The second-order valence-corrected chi connectivity index (χ2v) is 4.22. The van der Waals surface area contributed by atoms with Crippen LogP contribution in [0.1, 0.15) is 0 Å². The smallest absolute Gasteiger partial charge is 0.326 e. The van der Waals surface area contributed by atoms with Gasteiger partial charge in [0, 0.05) is 0 Å². The zero-order valence-corrected chi connectivity index (χ0v) is 11.3. The number of ether oxygens (including phenoxy) is 1. The summed E-state index contributed by atoms with van der Waals surface area (Å²) in [5.74, 6) is -1.49. The van der Waals surface area contributed by atoms with E-state index in [2.05, 4.69) is 5.32 Å². The molecule has 0 saturated carbocycles. The summed E-state index contributed by atoms with van der Waals surface area (Å²) < 4.78 is 31.1. The number of hydrogen-bond donors (Lipinski definition) is 2. The Morgan fingerprint density at radius 1 is 1.00 bits per heavy atom. The summed E-state index contributed by atoms with van der Waals surface area (Å²) in [7, 11) is 0. The zero-order valence-electron chi connectivity index (χ0n) is 11.3. The number of amides is 3. The van der Waals surface area contributed by atoms with E-state index in [0.29, 0.717) is 0 Å². The summed E-state index contributed by atoms with van der Waals surface area (Å²) in [5, 5.41) is 4.18. The Bertz CT molecular complexity index is 675. The van der Waals surface area contributed by atoms with Gasteiger partial charge in [-0.2, -0.15) is 0 Å². The van der Waals surface area contributed by atoms with Crippen molar-refractivity contribution >= 4 is 17.6 Å². The summed E-state index contributed by atoms with van der Waals surface area (Å²) in [6, 6.07) is 9.72. The molecule has 2 aromatic rings. The Balaban J connectivity index is 1.80. The van der Waals surface area contributed by atoms with E-state index in [0.717, 1.165) is 0 Å². The summed E-state index contributed by atoms with van der Waals surface area (Å²) in [5.41, 5.74) is -0.0488. The molecule has 2 N–H and O–H groups in total. The average molecular weight is 306 g/mol. The highest BCUT2D eigenvalue weighted by molar-refractivity contribution is 6.01. The highest BCUT2D eigenvalue weighted by Crippen LogP contribution is 2.12. The second kappa shape index (κ2) is 7.16. The molecule has 2 rings (SSSR count). The summed E-state index contributed by atoms with van der Waals surface area (Å²) >= 11 is 0. The maximum Gasteiger partial charge on any atom is 0.326 e. The molecule has 0 aliphatic carbocycles. The van der Waals surface area contributed by atoms with E-state index in [1.165, 1.54) is 48.5 Å². The van der Waals surface area contributed by atoms with Gasteiger partial charge in [-0.25, -0.2) is 13.6 Å². The van der Waals surface area contributed by atoms with Crippen LogP contribution in [0.15, 0.2) is 48.5 Å². The van der Waals surface area contributed by atoms with Crippen molar-refractivity contribution in [1.82, 2.24) is 5.32 Å². The number of rotatable bonds is 4. The summed E-state index contributed by atoms with van der Waals surface area (Å²) in [6.45, 7) is -0.434. The van der Waals surface area contributed by atoms with Gasteiger partial charge in [0.15, 0.2) is 6.61 Å². The summed E-state index contributed by atoms with van der Waals surface area (Å²) in [6.07, 6.45) is 0. The SMILES string of the molecule is O=C(COc1ccc(F)cc1)NC(=O)Nc1ccccc1F. The molecule has 0 saturated heterocycles. The Kier molecular flexibility index (Phi) is 5.02. The van der Waals surface area contributed by atoms with E-state index in [9.17, 15) is 18.4 Å². The van der Waals surface area contributed by atoms with Gasteiger partial charge in [0.2, 0.25) is 0 Å². The molecule has 0 unspecified atom stereocenters. The largest absolute Gasteiger partial charge is 0.484 e. The maximum absolute atomic E-state index is 13.3. The molecule has 0 spiro atoms. The normalized spacial score (nSPS) is 9.91. The minimum Gasteiger partial charge on any atom is -0.484 e. The van der Waals surface area contributed by atoms with Gasteiger partial charge >= 0.3 is 6.03 Å². The Hall–Kier alpha value is -2.96. The van der Waals surface area contributed by atoms with Crippen molar-refractivity contribution in [3.05, 3.63) is 60.2 Å². The van der Waals surface area contributed by atoms with Crippen LogP contribution in [-0.2, 0) is 4.79 Å². The monoisotopic (exact) mass is 306 g/mol. The standard InChI is InChI=1S/C15H12F2N2O3/c16-10-5-7-11(8-6-10)22-9-14(20)19-15(21)18-13-4-2-1-3-12(13)17/h1-8H,9H2,(H2,18,19,20,21). The van der Waals surface area contributed by atoms with E-state index in [1.807, 2.05) is 5.32 Å². The van der Waals surface area contributed by atoms with Crippen LogP contribution in [0.2, 0.25) is 0 Å². The van der Waals surface area contributed by atoms with Gasteiger partial charge in [-0.15, -0.1) is 0 Å². The van der Waals surface area contributed by atoms with E-state index in [4.69, 9.17) is 4.74 Å². The van der Waals surface area contributed by atoms with Crippen molar-refractivity contribution in [2.75, 3.05) is 11.9 Å². The number of benzene rings is 2. The number of nitrogens with one attached hydrogen (secondary N) is 2. The fraction of sp³-hybridized carbons (Fsp3) is 0.0667. The number of halogens is 2. The number of carbonyl (C=O) groups is 2. The Morgan fingerprint density at radius 2 is 1.68 bits per heavy atom. The molecule has 22 heavy (non-hydrogen) atoms. The highest BCUT2D eigenvalue weighted by Gasteiger charge is 2.10. The van der Waals surface area contributed by atoms with Crippen molar-refractivity contribution in [3.63, 3.8) is 0 Å². The lowest BCUT2D eigenvalue weighted by Crippen LogP contribution is -2.37. The number of imide groups is 1. The quantitative estimate of drug-likeness (QED) is 0.912. The molecule has 0 atom stereocenters. The van der Waals surface area contributed by atoms with Gasteiger partial charge in [-0.3, -0.25) is 10.1 Å². The third-order valence-electron chi connectivity index (χ3n) is 2.56. The molecule has 0 aliphatic heterocycles. The maximum atomic E-state index is 13.3. The first-order valence-corrected chi connectivity index (χ1v) is 6.28. The van der Waals surface area contributed by atoms with Crippen LogP contribution in [0.25, 0.3) is 0 Å². The first-order chi connectivity index (χ1) is 10.5. The first-order valence-electron chi connectivity index (χ1n) is 6.28. The average Bonchev–Trinajstić information content (AvgIpc) is 2.49. The molecular formula is C15H12F2N2O3. The lowest BCUT2D eigenvalue weighted by Gasteiger charge is -2.08. The number of carbonyl (C=O) groups excluding carboxylic acids is 2. The van der Waals surface area contributed by atoms with Crippen molar-refractivity contribution in [1.29, 1.82) is 0 Å². The molecule has 5 nitrogen and oxygen atoms in total. The van der Waals surface area contributed by atoms with Crippen molar-refractivity contribution < 1.29 is 23.1 Å². The van der Waals surface area contributed by atoms with Gasteiger partial charge in [0.05, 0.1) is 5.69 Å². The van der Waals surface area contributed by atoms with Gasteiger partial charge in [-0.05, 0) is 36.4 Å². The summed E-state index contributed by atoms with van der Waals surface area (Å²) in [4.78, 5) is 23.0. The van der Waals surface area contributed by atoms with Crippen LogP contribution in [0, 0.1) is 11.6 Å². The molecule has 0 aromatic heterocycles. The zero-order chi connectivity index (χ0) is 15.9. The molecule has 0 aliphatic rings. The molecule has 0 bridgehead atoms. The molecule has 0 radical (unpaired) electrons. The third-order valence-corrected chi connectivity index (χ3v) is 2.56. The lowest BCUT2D eigenvalue weighted by atomic mass is 10.3. The number of anilines is 1. The van der Waals surface area contributed by atoms with E-state index in [-0.39, 0.29) is 11.4 Å². The van der Waals surface area contributed by atoms with E-state index >= 15 is 0 Å². The van der Waals surface area contributed by atoms with Gasteiger partial charge in [-0.1, -0.05) is 12.1 Å². The topological polar surface area (TPSA) is 67.4 Å². The highest BCUT2D eigenvalue weighted by atomic mass is 19.1. The number of hydrogen-bond acceptors (Lipinski definition) is 3. The molecule has 7 heteroatoms. The molecule has 2 aromatic carbocycles. The molecule has 0 heterocycles. The van der Waals surface area contributed by atoms with Crippen LogP contribution in [0.4, 0.5) is 19.3 Å². The van der Waals surface area contributed by atoms with Gasteiger partial charge < -0.3 is 10.1 Å². The molecule has 114 valence electrons. The number of urea groups is 1. The van der Waals surface area contributed by atoms with Crippen molar-refractivity contribution in [2.45, 2.75) is 0 Å². The van der Waals surface area contributed by atoms with Crippen LogP contribution >= 0.6 is 0 Å². The van der Waals surface area contributed by atoms with Crippen LogP contribution in [-0.4, -0.2) is 18.5 Å². The minimum atomic E-state index is -0.877. The van der Waals surface area contributed by atoms with Gasteiger partial charge in [0.25, 0.3) is 5.91 Å². The van der Waals surface area contributed by atoms with Crippen molar-refractivity contribution in [3.8, 4) is 5.75 Å². The Morgan fingerprint density at radius 3 is 2.36 bits per heavy atom. The third kappa shape index (κ3) is 4.55. The predicted molar refractivity (Wildman–Crippen MR) is 75.5 cm³/mol. The van der Waals surface area contributed by atoms with E-state index in [1.54, 1.807) is 0 Å². The van der Waals surface area contributed by atoms with Gasteiger partial charge in [0.1, 0.15) is 17.4 Å². The first kappa shape index (κ1) is 15.4. The Labute approximate surface area is 124 Å². The minimum absolute atomic E-state index is 0.0488. The van der Waals surface area contributed by atoms with Crippen molar-refractivity contribution in [2.24, 2.45) is 0 Å².